The highest BCUT2D eigenvalue weighted by Crippen LogP contribution is 2.30. The topological polar surface area (TPSA) is 63.2 Å². The predicted octanol–water partition coefficient (Wildman–Crippen LogP) is 1.02. The molecule has 0 spiro atoms. The number of anilines is 1. The first-order valence-corrected chi connectivity index (χ1v) is 5.31. The van der Waals surface area contributed by atoms with Gasteiger partial charge in [0, 0.05) is 26.4 Å². The third-order valence-electron chi connectivity index (χ3n) is 2.41. The van der Waals surface area contributed by atoms with Crippen molar-refractivity contribution in [1.82, 2.24) is 10.3 Å². The van der Waals surface area contributed by atoms with Gasteiger partial charge in [0.1, 0.15) is 11.6 Å². The molecule has 2 N–H and O–H groups in total. The van der Waals surface area contributed by atoms with E-state index >= 15 is 0 Å². The molecular weight excluding hydrogens is 206 g/mol. The fraction of sp³-hybridized carbons (Fsp3) is 0.455. The van der Waals surface area contributed by atoms with Gasteiger partial charge in [-0.1, -0.05) is 0 Å². The number of hydrogen-bond acceptors (Lipinski definition) is 4. The van der Waals surface area contributed by atoms with E-state index in [4.69, 9.17) is 4.74 Å². The van der Waals surface area contributed by atoms with Gasteiger partial charge in [-0.25, -0.2) is 4.98 Å². The molecule has 1 saturated carbocycles. The zero-order chi connectivity index (χ0) is 11.5. The van der Waals surface area contributed by atoms with Crippen LogP contribution >= 0.6 is 0 Å². The maximum absolute atomic E-state index is 11.6. The minimum atomic E-state index is -0.175. The highest BCUT2D eigenvalue weighted by atomic mass is 16.5. The van der Waals surface area contributed by atoms with Gasteiger partial charge in [0.05, 0.1) is 11.7 Å². The molecule has 0 saturated heterocycles. The zero-order valence-electron chi connectivity index (χ0n) is 9.41. The van der Waals surface area contributed by atoms with Crippen LogP contribution in [0.5, 0.6) is 5.75 Å². The third-order valence-corrected chi connectivity index (χ3v) is 2.41. The van der Waals surface area contributed by atoms with Crippen LogP contribution in [0.1, 0.15) is 23.2 Å². The lowest BCUT2D eigenvalue weighted by atomic mass is 10.2. The van der Waals surface area contributed by atoms with E-state index in [9.17, 15) is 4.79 Å². The quantitative estimate of drug-likeness (QED) is 0.797. The minimum absolute atomic E-state index is 0.175. The van der Waals surface area contributed by atoms with Crippen LogP contribution in [0.4, 0.5) is 5.82 Å². The molecule has 1 aromatic heterocycles. The van der Waals surface area contributed by atoms with Gasteiger partial charge in [0.2, 0.25) is 0 Å². The van der Waals surface area contributed by atoms with Gasteiger partial charge in [0.15, 0.2) is 0 Å². The van der Waals surface area contributed by atoms with Gasteiger partial charge in [-0.3, -0.25) is 4.79 Å². The first-order valence-electron chi connectivity index (χ1n) is 5.31. The van der Waals surface area contributed by atoms with Crippen molar-refractivity contribution in [1.29, 1.82) is 0 Å². The molecule has 0 aromatic carbocycles. The van der Waals surface area contributed by atoms with Crippen LogP contribution in [0.15, 0.2) is 12.3 Å². The number of nitrogens with one attached hydrogen (secondary N) is 2. The molecule has 0 unspecified atom stereocenters. The highest BCUT2D eigenvalue weighted by molar-refractivity contribution is 5.96. The second kappa shape index (κ2) is 4.38. The normalized spacial score (nSPS) is 14.4. The average molecular weight is 221 g/mol. The van der Waals surface area contributed by atoms with E-state index in [0.717, 1.165) is 12.8 Å². The second-order valence-corrected chi connectivity index (χ2v) is 3.71. The lowest BCUT2D eigenvalue weighted by Gasteiger charge is -2.11. The summed E-state index contributed by atoms with van der Waals surface area (Å²) in [6.45, 7) is 0. The van der Waals surface area contributed by atoms with Gasteiger partial charge in [0.25, 0.3) is 5.91 Å². The molecule has 0 atom stereocenters. The lowest BCUT2D eigenvalue weighted by molar-refractivity contribution is 0.0958. The fourth-order valence-corrected chi connectivity index (χ4v) is 1.34. The van der Waals surface area contributed by atoms with Crippen LogP contribution < -0.4 is 15.4 Å². The Hall–Kier alpha value is -1.78. The summed E-state index contributed by atoms with van der Waals surface area (Å²) in [4.78, 5) is 15.7. The third kappa shape index (κ3) is 2.24. The first kappa shape index (κ1) is 10.7. The molecule has 86 valence electrons. The van der Waals surface area contributed by atoms with Crippen molar-refractivity contribution in [3.63, 3.8) is 0 Å². The number of nitrogens with zero attached hydrogens (tertiary/aromatic N) is 1. The van der Waals surface area contributed by atoms with Gasteiger partial charge < -0.3 is 15.4 Å². The van der Waals surface area contributed by atoms with Crippen LogP contribution in [-0.4, -0.2) is 31.1 Å². The van der Waals surface area contributed by atoms with Crippen LogP contribution in [0.3, 0.4) is 0 Å². The first-order chi connectivity index (χ1) is 7.74. The summed E-state index contributed by atoms with van der Waals surface area (Å²) in [5.41, 5.74) is 0.480. The fourth-order valence-electron chi connectivity index (χ4n) is 1.34. The highest BCUT2D eigenvalue weighted by Gasteiger charge is 2.26. The molecule has 5 nitrogen and oxygen atoms in total. The number of rotatable bonds is 4. The van der Waals surface area contributed by atoms with Crippen molar-refractivity contribution < 1.29 is 9.53 Å². The molecule has 2 rings (SSSR count). The van der Waals surface area contributed by atoms with E-state index in [2.05, 4.69) is 15.6 Å². The summed E-state index contributed by atoms with van der Waals surface area (Å²) in [6, 6.07) is 1.75. The Morgan fingerprint density at radius 3 is 2.81 bits per heavy atom. The van der Waals surface area contributed by atoms with Crippen LogP contribution in [0, 0.1) is 0 Å². The maximum Gasteiger partial charge on any atom is 0.256 e. The van der Waals surface area contributed by atoms with Crippen molar-refractivity contribution in [3.05, 3.63) is 17.8 Å². The molecule has 1 aliphatic rings. The maximum atomic E-state index is 11.6. The number of amides is 1. The Bertz CT molecular complexity index is 402. The number of carbonyl (C=O) groups excluding carboxylic acids is 1. The van der Waals surface area contributed by atoms with E-state index in [-0.39, 0.29) is 12.0 Å². The predicted molar refractivity (Wildman–Crippen MR) is 60.8 cm³/mol. The smallest absolute Gasteiger partial charge is 0.256 e. The van der Waals surface area contributed by atoms with Crippen LogP contribution in [-0.2, 0) is 0 Å². The number of ether oxygens (including phenoxy) is 1. The molecule has 0 radical (unpaired) electrons. The number of carbonyl (C=O) groups is 1. The minimum Gasteiger partial charge on any atom is -0.489 e. The Balaban J connectivity index is 2.29. The molecule has 1 aliphatic carbocycles. The standard InChI is InChI=1S/C11H15N3O2/c1-12-10-5-9(16-7-3-4-7)8(6-14-10)11(15)13-2/h5-7H,3-4H2,1-2H3,(H,12,14)(H,13,15). The molecular formula is C11H15N3O2. The Kier molecular flexibility index (Phi) is 2.94. The Morgan fingerprint density at radius 2 is 2.25 bits per heavy atom. The summed E-state index contributed by atoms with van der Waals surface area (Å²) in [7, 11) is 3.37. The molecule has 5 heteroatoms. The molecule has 16 heavy (non-hydrogen) atoms. The largest absolute Gasteiger partial charge is 0.489 e. The van der Waals surface area contributed by atoms with Crippen molar-refractivity contribution >= 4 is 11.7 Å². The van der Waals surface area contributed by atoms with Gasteiger partial charge in [-0.2, -0.15) is 0 Å². The van der Waals surface area contributed by atoms with E-state index in [0.29, 0.717) is 17.1 Å². The van der Waals surface area contributed by atoms with E-state index < -0.39 is 0 Å². The Morgan fingerprint density at radius 1 is 1.50 bits per heavy atom. The lowest BCUT2D eigenvalue weighted by Crippen LogP contribution is -2.19. The average Bonchev–Trinajstić information content (AvgIpc) is 3.12. The van der Waals surface area contributed by atoms with E-state index in [1.165, 1.54) is 6.20 Å². The summed E-state index contributed by atoms with van der Waals surface area (Å²) in [5, 5.41) is 5.50. The van der Waals surface area contributed by atoms with Crippen LogP contribution in [0.25, 0.3) is 0 Å². The van der Waals surface area contributed by atoms with E-state index in [1.807, 2.05) is 0 Å². The van der Waals surface area contributed by atoms with Crippen molar-refractivity contribution in [2.45, 2.75) is 18.9 Å². The monoisotopic (exact) mass is 221 g/mol. The van der Waals surface area contributed by atoms with Crippen molar-refractivity contribution in [2.24, 2.45) is 0 Å². The van der Waals surface area contributed by atoms with Crippen molar-refractivity contribution in [3.8, 4) is 5.75 Å². The molecule has 0 bridgehead atoms. The number of aromatic nitrogens is 1. The number of pyridine rings is 1. The number of hydrogen-bond donors (Lipinski definition) is 2. The van der Waals surface area contributed by atoms with Gasteiger partial charge in [-0.15, -0.1) is 0 Å². The van der Waals surface area contributed by atoms with Crippen molar-refractivity contribution in [2.75, 3.05) is 19.4 Å². The van der Waals surface area contributed by atoms with Gasteiger partial charge >= 0.3 is 0 Å². The van der Waals surface area contributed by atoms with Crippen LogP contribution in [0.2, 0.25) is 0 Å². The van der Waals surface area contributed by atoms with Gasteiger partial charge in [-0.05, 0) is 12.8 Å². The zero-order valence-corrected chi connectivity index (χ0v) is 9.41. The summed E-state index contributed by atoms with van der Waals surface area (Å²) in [6.07, 6.45) is 3.91. The second-order valence-electron chi connectivity index (χ2n) is 3.71. The SMILES string of the molecule is CNC(=O)c1cnc(NC)cc1OC1CC1. The summed E-state index contributed by atoms with van der Waals surface area (Å²) < 4.78 is 5.68. The molecule has 0 aliphatic heterocycles. The molecule has 1 aromatic rings. The Labute approximate surface area is 94.2 Å². The summed E-state index contributed by atoms with van der Waals surface area (Å²) in [5.74, 6) is 1.12. The molecule has 1 heterocycles. The molecule has 1 amide bonds. The molecule has 1 fully saturated rings. The summed E-state index contributed by atoms with van der Waals surface area (Å²) >= 11 is 0. The van der Waals surface area contributed by atoms with E-state index in [1.54, 1.807) is 20.2 Å².